The van der Waals surface area contributed by atoms with E-state index in [9.17, 15) is 16.8 Å². The first-order valence-corrected chi connectivity index (χ1v) is 9.88. The molecule has 1 rings (SSSR count). The summed E-state index contributed by atoms with van der Waals surface area (Å²) >= 11 is 4.81. The summed E-state index contributed by atoms with van der Waals surface area (Å²) in [4.78, 5) is 2.46. The molecule has 0 atom stereocenters. The maximum absolute atomic E-state index is 11.6. The maximum atomic E-state index is 11.6. The molecule has 0 aromatic carbocycles. The lowest BCUT2D eigenvalue weighted by Gasteiger charge is -2.31. The Morgan fingerprint density at radius 3 is 2.26 bits per heavy atom. The van der Waals surface area contributed by atoms with Crippen molar-refractivity contribution in [1.29, 1.82) is 0 Å². The number of piperidine rings is 1. The molecule has 3 N–H and O–H groups in total. The smallest absolute Gasteiger partial charge is 0.226 e. The number of likely N-dealkylation sites (tertiary alicyclic amines) is 1. The normalized spacial score (nSPS) is 19.4. The van der Waals surface area contributed by atoms with E-state index >= 15 is 0 Å². The molecule has 1 saturated heterocycles. The number of thiocarbonyl (C=S) groups is 1. The molecule has 1 aliphatic rings. The van der Waals surface area contributed by atoms with E-state index in [0.717, 1.165) is 6.26 Å². The summed E-state index contributed by atoms with van der Waals surface area (Å²) in [7, 11) is -7.34. The lowest BCUT2D eigenvalue weighted by Crippen LogP contribution is -2.47. The van der Waals surface area contributed by atoms with Crippen LogP contribution in [0.1, 0.15) is 12.8 Å². The van der Waals surface area contributed by atoms with Crippen LogP contribution >= 0.6 is 12.2 Å². The second-order valence-corrected chi connectivity index (χ2v) is 9.58. The molecule has 19 heavy (non-hydrogen) atoms. The van der Waals surface area contributed by atoms with E-state index in [1.54, 1.807) is 0 Å². The Bertz CT molecular complexity index is 521. The topological polar surface area (TPSA) is 110 Å². The van der Waals surface area contributed by atoms with Crippen molar-refractivity contribution in [3.63, 3.8) is 0 Å². The highest BCUT2D eigenvalue weighted by Gasteiger charge is 2.25. The molecule has 0 spiro atoms. The first-order chi connectivity index (χ1) is 8.57. The number of nitrogens with two attached hydrogens (primary N) is 1. The van der Waals surface area contributed by atoms with Crippen LogP contribution in [0.5, 0.6) is 0 Å². The summed E-state index contributed by atoms with van der Waals surface area (Å²) in [5, 5.41) is -0.868. The molecule has 1 aliphatic heterocycles. The number of rotatable bonds is 6. The van der Waals surface area contributed by atoms with Crippen LogP contribution in [0.2, 0.25) is 0 Å². The van der Waals surface area contributed by atoms with Gasteiger partial charge in [-0.25, -0.2) is 21.6 Å². The van der Waals surface area contributed by atoms with Gasteiger partial charge in [0.1, 0.15) is 0 Å². The Labute approximate surface area is 119 Å². The van der Waals surface area contributed by atoms with Gasteiger partial charge < -0.3 is 5.73 Å². The van der Waals surface area contributed by atoms with Crippen molar-refractivity contribution in [1.82, 2.24) is 9.62 Å². The van der Waals surface area contributed by atoms with Crippen LogP contribution in [0.15, 0.2) is 0 Å². The van der Waals surface area contributed by atoms with E-state index < -0.39 is 24.9 Å². The third kappa shape index (κ3) is 7.16. The van der Waals surface area contributed by atoms with Gasteiger partial charge in [-0.3, -0.25) is 4.90 Å². The SMILES string of the molecule is CS(=O)(=O)CS(=O)(=O)NC1CCN(CC(N)=S)CC1. The van der Waals surface area contributed by atoms with E-state index in [1.165, 1.54) is 0 Å². The van der Waals surface area contributed by atoms with Crippen molar-refractivity contribution in [2.24, 2.45) is 5.73 Å². The molecular formula is C9H19N3O4S3. The Hall–Kier alpha value is -0.290. The van der Waals surface area contributed by atoms with Crippen molar-refractivity contribution >= 4 is 37.1 Å². The number of sulfonamides is 1. The molecular weight excluding hydrogens is 310 g/mol. The third-order valence-electron chi connectivity index (χ3n) is 2.68. The molecule has 0 saturated carbocycles. The van der Waals surface area contributed by atoms with Gasteiger partial charge in [-0.2, -0.15) is 0 Å². The van der Waals surface area contributed by atoms with Gasteiger partial charge in [-0.1, -0.05) is 12.2 Å². The van der Waals surface area contributed by atoms with Gasteiger partial charge in [-0.05, 0) is 12.8 Å². The molecule has 0 unspecified atom stereocenters. The predicted octanol–water partition coefficient (Wildman–Crippen LogP) is -1.34. The minimum atomic E-state index is -3.79. The maximum Gasteiger partial charge on any atom is 0.226 e. The predicted molar refractivity (Wildman–Crippen MR) is 78.0 cm³/mol. The minimum Gasteiger partial charge on any atom is -0.392 e. The molecule has 7 nitrogen and oxygen atoms in total. The zero-order chi connectivity index (χ0) is 14.7. The van der Waals surface area contributed by atoms with Crippen LogP contribution in [0.25, 0.3) is 0 Å². The van der Waals surface area contributed by atoms with Crippen molar-refractivity contribution in [2.45, 2.75) is 18.9 Å². The minimum absolute atomic E-state index is 0.227. The van der Waals surface area contributed by atoms with Gasteiger partial charge in [0.25, 0.3) is 0 Å². The number of nitrogens with zero attached hydrogens (tertiary/aromatic N) is 1. The van der Waals surface area contributed by atoms with Gasteiger partial charge in [0.05, 0.1) is 4.99 Å². The fraction of sp³-hybridized carbons (Fsp3) is 0.889. The van der Waals surface area contributed by atoms with E-state index in [0.29, 0.717) is 37.5 Å². The molecule has 0 aromatic rings. The molecule has 0 aliphatic carbocycles. The molecule has 0 bridgehead atoms. The molecule has 1 fully saturated rings. The quantitative estimate of drug-likeness (QED) is 0.580. The number of sulfone groups is 1. The Kier molecular flexibility index (Phi) is 5.68. The van der Waals surface area contributed by atoms with E-state index in [2.05, 4.69) is 4.72 Å². The van der Waals surface area contributed by atoms with Gasteiger partial charge >= 0.3 is 0 Å². The summed E-state index contributed by atoms with van der Waals surface area (Å²) < 4.78 is 47.7. The summed E-state index contributed by atoms with van der Waals surface area (Å²) in [6.45, 7) is 1.89. The zero-order valence-electron chi connectivity index (χ0n) is 10.7. The van der Waals surface area contributed by atoms with Crippen molar-refractivity contribution in [3.8, 4) is 0 Å². The van der Waals surface area contributed by atoms with Crippen molar-refractivity contribution < 1.29 is 16.8 Å². The standard InChI is InChI=1S/C9H19N3O4S3/c1-18(13,14)7-19(15,16)11-8-2-4-12(5-3-8)6-9(10)17/h8,11H,2-7H2,1H3,(H2,10,17). The number of nitrogens with one attached hydrogen (secondary N) is 1. The van der Waals surface area contributed by atoms with E-state index in [4.69, 9.17) is 18.0 Å². The van der Waals surface area contributed by atoms with Gasteiger partial charge in [0.15, 0.2) is 14.9 Å². The average molecular weight is 329 g/mol. The van der Waals surface area contributed by atoms with Crippen LogP contribution in [-0.2, 0) is 19.9 Å². The summed E-state index contributed by atoms with van der Waals surface area (Å²) in [5.74, 6) is 0. The first-order valence-electron chi connectivity index (χ1n) is 5.76. The highest BCUT2D eigenvalue weighted by Crippen LogP contribution is 2.11. The molecule has 0 aromatic heterocycles. The van der Waals surface area contributed by atoms with Crippen LogP contribution in [0.3, 0.4) is 0 Å². The van der Waals surface area contributed by atoms with Crippen molar-refractivity contribution in [3.05, 3.63) is 0 Å². The van der Waals surface area contributed by atoms with Gasteiger partial charge in [-0.15, -0.1) is 0 Å². The Morgan fingerprint density at radius 2 is 1.84 bits per heavy atom. The molecule has 0 radical (unpaired) electrons. The van der Waals surface area contributed by atoms with Crippen molar-refractivity contribution in [2.75, 3.05) is 31.0 Å². The third-order valence-corrected chi connectivity index (χ3v) is 6.46. The second kappa shape index (κ2) is 6.44. The lowest BCUT2D eigenvalue weighted by atomic mass is 10.1. The first kappa shape index (κ1) is 16.8. The fourth-order valence-electron chi connectivity index (χ4n) is 2.00. The van der Waals surface area contributed by atoms with Crippen LogP contribution in [0, 0.1) is 0 Å². The lowest BCUT2D eigenvalue weighted by molar-refractivity contribution is 0.233. The fourth-order valence-corrected chi connectivity index (χ4v) is 5.45. The van der Waals surface area contributed by atoms with E-state index in [1.807, 2.05) is 4.90 Å². The zero-order valence-corrected chi connectivity index (χ0v) is 13.2. The number of hydrogen-bond acceptors (Lipinski definition) is 6. The molecule has 1 heterocycles. The highest BCUT2D eigenvalue weighted by molar-refractivity contribution is 8.06. The largest absolute Gasteiger partial charge is 0.392 e. The molecule has 112 valence electrons. The van der Waals surface area contributed by atoms with E-state index in [-0.39, 0.29) is 6.04 Å². The average Bonchev–Trinajstić information content (AvgIpc) is 2.15. The summed E-state index contributed by atoms with van der Waals surface area (Å²) in [6, 6.07) is -0.227. The summed E-state index contributed by atoms with van der Waals surface area (Å²) in [5.41, 5.74) is 5.44. The Balaban J connectivity index is 2.47. The van der Waals surface area contributed by atoms with Crippen LogP contribution < -0.4 is 10.5 Å². The van der Waals surface area contributed by atoms with Crippen LogP contribution in [0.4, 0.5) is 0 Å². The van der Waals surface area contributed by atoms with Crippen LogP contribution in [-0.4, -0.2) is 63.7 Å². The van der Waals surface area contributed by atoms with Gasteiger partial charge in [0.2, 0.25) is 10.0 Å². The number of hydrogen-bond donors (Lipinski definition) is 2. The monoisotopic (exact) mass is 329 g/mol. The molecule has 10 heteroatoms. The van der Waals surface area contributed by atoms with Gasteiger partial charge in [0, 0.05) is 31.9 Å². The highest BCUT2D eigenvalue weighted by atomic mass is 32.3. The molecule has 0 amide bonds. The Morgan fingerprint density at radius 1 is 1.32 bits per heavy atom. The second-order valence-electron chi connectivity index (χ2n) is 4.79. The summed E-state index contributed by atoms with van der Waals surface area (Å²) in [6.07, 6.45) is 2.13.